The van der Waals surface area contributed by atoms with Crippen LogP contribution < -0.4 is 15.8 Å². The van der Waals surface area contributed by atoms with Crippen LogP contribution in [0, 0.1) is 5.92 Å². The van der Waals surface area contributed by atoms with Gasteiger partial charge >= 0.3 is 0 Å². The molecule has 2 aromatic carbocycles. The molecule has 3 aromatic rings. The Morgan fingerprint density at radius 2 is 1.74 bits per heavy atom. The minimum absolute atomic E-state index is 0.178. The fourth-order valence-corrected chi connectivity index (χ4v) is 3.76. The summed E-state index contributed by atoms with van der Waals surface area (Å²) in [6.45, 7) is 2.64. The standard InChI is InChI=1S/C22H23N3O2/c26-21-14-19(18-8-4-5-9-20(18)24-21)22(27)23-15-16-10-12-25(13-11-16)17-6-2-1-3-7-17/h1-9,14,16H,10-13,15H2,(H,23,27)(H,24,26). The van der Waals surface area contributed by atoms with E-state index in [0.29, 0.717) is 23.5 Å². The van der Waals surface area contributed by atoms with Crippen molar-refractivity contribution in [2.45, 2.75) is 12.8 Å². The molecule has 0 aliphatic carbocycles. The van der Waals surface area contributed by atoms with E-state index < -0.39 is 0 Å². The van der Waals surface area contributed by atoms with Crippen LogP contribution in [0.25, 0.3) is 10.9 Å². The molecule has 1 saturated heterocycles. The van der Waals surface area contributed by atoms with Gasteiger partial charge in [-0.15, -0.1) is 0 Å². The molecule has 0 spiro atoms. The second-order valence-electron chi connectivity index (χ2n) is 7.07. The Labute approximate surface area is 158 Å². The summed E-state index contributed by atoms with van der Waals surface area (Å²) in [4.78, 5) is 29.7. The molecule has 5 nitrogen and oxygen atoms in total. The van der Waals surface area contributed by atoms with Gasteiger partial charge in [0.25, 0.3) is 5.91 Å². The molecular weight excluding hydrogens is 338 g/mol. The molecule has 2 heterocycles. The molecule has 4 rings (SSSR count). The van der Waals surface area contributed by atoms with E-state index in [0.717, 1.165) is 31.3 Å². The Morgan fingerprint density at radius 1 is 1.04 bits per heavy atom. The predicted molar refractivity (Wildman–Crippen MR) is 108 cm³/mol. The molecule has 0 atom stereocenters. The average molecular weight is 361 g/mol. The van der Waals surface area contributed by atoms with Crippen LogP contribution in [0.2, 0.25) is 0 Å². The van der Waals surface area contributed by atoms with Crippen molar-refractivity contribution in [2.75, 3.05) is 24.5 Å². The lowest BCUT2D eigenvalue weighted by Crippen LogP contribution is -2.38. The number of piperidine rings is 1. The van der Waals surface area contributed by atoms with Gasteiger partial charge in [-0.25, -0.2) is 0 Å². The van der Waals surface area contributed by atoms with Crippen LogP contribution in [0.1, 0.15) is 23.2 Å². The highest BCUT2D eigenvalue weighted by molar-refractivity contribution is 6.05. The van der Waals surface area contributed by atoms with E-state index >= 15 is 0 Å². The zero-order valence-corrected chi connectivity index (χ0v) is 15.2. The number of carbonyl (C=O) groups is 1. The maximum Gasteiger partial charge on any atom is 0.252 e. The highest BCUT2D eigenvalue weighted by atomic mass is 16.2. The molecule has 1 aromatic heterocycles. The van der Waals surface area contributed by atoms with Crippen molar-refractivity contribution in [3.63, 3.8) is 0 Å². The third kappa shape index (κ3) is 3.87. The van der Waals surface area contributed by atoms with Crippen molar-refractivity contribution in [3.05, 3.63) is 76.6 Å². The number of aromatic amines is 1. The fourth-order valence-electron chi connectivity index (χ4n) is 3.76. The van der Waals surface area contributed by atoms with E-state index in [1.165, 1.54) is 11.8 Å². The number of aromatic nitrogens is 1. The van der Waals surface area contributed by atoms with Crippen LogP contribution in [0.3, 0.4) is 0 Å². The third-order valence-electron chi connectivity index (χ3n) is 5.28. The van der Waals surface area contributed by atoms with E-state index in [1.54, 1.807) is 0 Å². The summed E-state index contributed by atoms with van der Waals surface area (Å²) in [5, 5.41) is 3.80. The van der Waals surface area contributed by atoms with Gasteiger partial charge in [-0.05, 0) is 37.0 Å². The number of carbonyl (C=O) groups excluding carboxylic acids is 1. The van der Waals surface area contributed by atoms with Crippen LogP contribution in [0.15, 0.2) is 65.5 Å². The molecule has 1 amide bonds. The first kappa shape index (κ1) is 17.3. The maximum atomic E-state index is 12.7. The number of H-pyrrole nitrogens is 1. The average Bonchev–Trinajstić information content (AvgIpc) is 2.72. The topological polar surface area (TPSA) is 65.2 Å². The minimum Gasteiger partial charge on any atom is -0.372 e. The van der Waals surface area contributed by atoms with Crippen LogP contribution in [-0.4, -0.2) is 30.5 Å². The lowest BCUT2D eigenvalue weighted by molar-refractivity contribution is 0.0946. The summed E-state index contributed by atoms with van der Waals surface area (Å²) in [6, 6.07) is 19.2. The van der Waals surface area contributed by atoms with Crippen molar-refractivity contribution >= 4 is 22.5 Å². The third-order valence-corrected chi connectivity index (χ3v) is 5.28. The van der Waals surface area contributed by atoms with Crippen molar-refractivity contribution < 1.29 is 4.79 Å². The van der Waals surface area contributed by atoms with Gasteiger partial charge in [0.1, 0.15) is 0 Å². The number of benzene rings is 2. The Kier molecular flexibility index (Phi) is 4.92. The number of anilines is 1. The molecule has 1 fully saturated rings. The molecule has 0 saturated carbocycles. The summed E-state index contributed by atoms with van der Waals surface area (Å²) < 4.78 is 0. The van der Waals surface area contributed by atoms with Crippen molar-refractivity contribution in [2.24, 2.45) is 5.92 Å². The Morgan fingerprint density at radius 3 is 2.52 bits per heavy atom. The van der Waals surface area contributed by atoms with Crippen molar-refractivity contribution in [1.29, 1.82) is 0 Å². The number of nitrogens with zero attached hydrogens (tertiary/aromatic N) is 1. The second-order valence-corrected chi connectivity index (χ2v) is 7.07. The van der Waals surface area contributed by atoms with Gasteiger partial charge in [-0.2, -0.15) is 0 Å². The zero-order valence-electron chi connectivity index (χ0n) is 15.2. The van der Waals surface area contributed by atoms with E-state index in [4.69, 9.17) is 0 Å². The van der Waals surface area contributed by atoms with Gasteiger partial charge < -0.3 is 15.2 Å². The minimum atomic E-state index is -0.255. The van der Waals surface area contributed by atoms with Gasteiger partial charge in [0.2, 0.25) is 5.56 Å². The largest absolute Gasteiger partial charge is 0.372 e. The molecule has 1 aliphatic heterocycles. The maximum absolute atomic E-state index is 12.7. The first-order valence-electron chi connectivity index (χ1n) is 9.41. The first-order valence-corrected chi connectivity index (χ1v) is 9.41. The number of hydrogen-bond acceptors (Lipinski definition) is 3. The summed E-state index contributed by atoms with van der Waals surface area (Å²) in [5.74, 6) is 0.282. The highest BCUT2D eigenvalue weighted by Gasteiger charge is 2.20. The van der Waals surface area contributed by atoms with E-state index in [2.05, 4.69) is 39.5 Å². The number of nitrogens with one attached hydrogen (secondary N) is 2. The van der Waals surface area contributed by atoms with Crippen LogP contribution in [0.5, 0.6) is 0 Å². The number of amides is 1. The van der Waals surface area contributed by atoms with Gasteiger partial charge in [-0.1, -0.05) is 36.4 Å². The SMILES string of the molecule is O=C(NCC1CCN(c2ccccc2)CC1)c1cc(=O)[nH]c2ccccc12. The van der Waals surface area contributed by atoms with E-state index in [-0.39, 0.29) is 11.5 Å². The lowest BCUT2D eigenvalue weighted by Gasteiger charge is -2.33. The molecular formula is C22H23N3O2. The number of pyridine rings is 1. The monoisotopic (exact) mass is 361 g/mol. The van der Waals surface area contributed by atoms with Gasteiger partial charge in [-0.3, -0.25) is 9.59 Å². The van der Waals surface area contributed by atoms with Crippen LogP contribution in [0.4, 0.5) is 5.69 Å². The van der Waals surface area contributed by atoms with E-state index in [9.17, 15) is 9.59 Å². The Balaban J connectivity index is 1.37. The molecule has 5 heteroatoms. The predicted octanol–water partition coefficient (Wildman–Crippen LogP) is 3.17. The Hall–Kier alpha value is -3.08. The quantitative estimate of drug-likeness (QED) is 0.750. The Bertz CT molecular complexity index is 989. The van der Waals surface area contributed by atoms with Crippen molar-refractivity contribution in [1.82, 2.24) is 10.3 Å². The summed E-state index contributed by atoms with van der Waals surface area (Å²) in [6.07, 6.45) is 2.09. The molecule has 0 bridgehead atoms. The summed E-state index contributed by atoms with van der Waals surface area (Å²) in [5.41, 5.74) is 2.13. The molecule has 138 valence electrons. The summed E-state index contributed by atoms with van der Waals surface area (Å²) >= 11 is 0. The fraction of sp³-hybridized carbons (Fsp3) is 0.273. The number of rotatable bonds is 4. The number of para-hydroxylation sites is 2. The lowest BCUT2D eigenvalue weighted by atomic mass is 9.96. The van der Waals surface area contributed by atoms with Crippen LogP contribution in [-0.2, 0) is 0 Å². The van der Waals surface area contributed by atoms with Gasteiger partial charge in [0, 0.05) is 42.3 Å². The van der Waals surface area contributed by atoms with Crippen LogP contribution >= 0.6 is 0 Å². The van der Waals surface area contributed by atoms with Gasteiger partial charge in [0.05, 0.1) is 5.56 Å². The molecule has 2 N–H and O–H groups in total. The van der Waals surface area contributed by atoms with Gasteiger partial charge in [0.15, 0.2) is 0 Å². The first-order chi connectivity index (χ1) is 13.2. The zero-order chi connectivity index (χ0) is 18.6. The molecule has 1 aliphatic rings. The van der Waals surface area contributed by atoms with E-state index in [1.807, 2.05) is 30.3 Å². The second kappa shape index (κ2) is 7.66. The van der Waals surface area contributed by atoms with Crippen molar-refractivity contribution in [3.8, 4) is 0 Å². The molecule has 0 radical (unpaired) electrons. The highest BCUT2D eigenvalue weighted by Crippen LogP contribution is 2.23. The number of fused-ring (bicyclic) bond motifs is 1. The molecule has 0 unspecified atom stereocenters. The molecule has 27 heavy (non-hydrogen) atoms. The number of hydrogen-bond donors (Lipinski definition) is 2. The smallest absolute Gasteiger partial charge is 0.252 e. The normalized spacial score (nSPS) is 15.0. The summed E-state index contributed by atoms with van der Waals surface area (Å²) in [7, 11) is 0.